The van der Waals surface area contributed by atoms with Crippen molar-refractivity contribution in [2.45, 2.75) is 6.10 Å². The number of rotatable bonds is 4. The minimum Gasteiger partial charge on any atom is -0.367 e. The number of nitrogens with two attached hydrogens (primary N) is 1. The Kier molecular flexibility index (Phi) is 3.92. The van der Waals surface area contributed by atoms with Gasteiger partial charge in [-0.15, -0.1) is 0 Å². The fraction of sp³-hybridized carbons (Fsp3) is 0.222. The molecule has 0 radical (unpaired) electrons. The van der Waals surface area contributed by atoms with Crippen LogP contribution < -0.4 is 11.3 Å². The van der Waals surface area contributed by atoms with Gasteiger partial charge in [-0.2, -0.15) is 0 Å². The van der Waals surface area contributed by atoms with Gasteiger partial charge in [0.1, 0.15) is 0 Å². The van der Waals surface area contributed by atoms with Crippen LogP contribution in [0.2, 0.25) is 0 Å². The predicted octanol–water partition coefficient (Wildman–Crippen LogP) is 0.272. The van der Waals surface area contributed by atoms with E-state index in [1.165, 1.54) is 31.4 Å². The van der Waals surface area contributed by atoms with Gasteiger partial charge in [-0.3, -0.25) is 20.3 Å². The minimum absolute atomic E-state index is 0.0493. The number of hydrazine groups is 1. The molecule has 0 fully saturated rings. The average Bonchev–Trinajstić information content (AvgIpc) is 2.30. The van der Waals surface area contributed by atoms with E-state index in [0.717, 1.165) is 0 Å². The zero-order chi connectivity index (χ0) is 12.1. The number of carbonyl (C=O) groups excluding carboxylic acids is 1. The van der Waals surface area contributed by atoms with E-state index in [1.54, 1.807) is 0 Å². The fourth-order valence-electron chi connectivity index (χ4n) is 1.24. The van der Waals surface area contributed by atoms with Crippen LogP contribution in [0.5, 0.6) is 0 Å². The van der Waals surface area contributed by atoms with Crippen LogP contribution in [0.1, 0.15) is 11.7 Å². The van der Waals surface area contributed by atoms with E-state index in [1.807, 2.05) is 5.43 Å². The lowest BCUT2D eigenvalue weighted by Gasteiger charge is -2.13. The van der Waals surface area contributed by atoms with E-state index in [4.69, 9.17) is 10.6 Å². The highest BCUT2D eigenvalue weighted by Crippen LogP contribution is 2.20. The summed E-state index contributed by atoms with van der Waals surface area (Å²) in [5, 5.41) is 10.4. The van der Waals surface area contributed by atoms with Crippen molar-refractivity contribution in [3.05, 3.63) is 39.9 Å². The first-order valence-electron chi connectivity index (χ1n) is 4.37. The van der Waals surface area contributed by atoms with Gasteiger partial charge < -0.3 is 4.74 Å². The molecule has 3 N–H and O–H groups in total. The maximum atomic E-state index is 11.3. The van der Waals surface area contributed by atoms with E-state index in [9.17, 15) is 14.9 Å². The van der Waals surface area contributed by atoms with Gasteiger partial charge in [0.25, 0.3) is 11.6 Å². The third-order valence-electron chi connectivity index (χ3n) is 2.02. The Balaban J connectivity index is 2.95. The Morgan fingerprint density at radius 1 is 1.50 bits per heavy atom. The zero-order valence-electron chi connectivity index (χ0n) is 8.54. The molecule has 1 aromatic carbocycles. The summed E-state index contributed by atoms with van der Waals surface area (Å²) >= 11 is 0. The lowest BCUT2D eigenvalue weighted by atomic mass is 10.1. The maximum Gasteiger partial charge on any atom is 0.269 e. The summed E-state index contributed by atoms with van der Waals surface area (Å²) in [6, 6.07) is 5.49. The first-order chi connectivity index (χ1) is 7.60. The Morgan fingerprint density at radius 2 is 2.06 bits per heavy atom. The quantitative estimate of drug-likeness (QED) is 0.331. The van der Waals surface area contributed by atoms with Gasteiger partial charge in [0.15, 0.2) is 6.10 Å². The number of hydrogen-bond donors (Lipinski definition) is 2. The molecule has 1 aromatic rings. The summed E-state index contributed by atoms with van der Waals surface area (Å²) in [5.41, 5.74) is 2.40. The Hall–Kier alpha value is -1.99. The molecule has 7 heteroatoms. The molecule has 0 bridgehead atoms. The number of nitro groups is 1. The number of nitrogens with zero attached hydrogens (tertiary/aromatic N) is 1. The molecule has 0 saturated carbocycles. The highest BCUT2D eigenvalue weighted by atomic mass is 16.6. The molecule has 1 rings (SSSR count). The van der Waals surface area contributed by atoms with Gasteiger partial charge in [-0.05, 0) is 17.7 Å². The van der Waals surface area contributed by atoms with Crippen molar-refractivity contribution in [3.63, 3.8) is 0 Å². The second-order valence-electron chi connectivity index (χ2n) is 2.97. The first kappa shape index (κ1) is 12.1. The number of ether oxygens (including phenoxy) is 1. The molecule has 0 spiro atoms. The second kappa shape index (κ2) is 5.19. The number of hydrogen-bond acceptors (Lipinski definition) is 5. The Morgan fingerprint density at radius 3 is 2.44 bits per heavy atom. The first-order valence-corrected chi connectivity index (χ1v) is 4.37. The maximum absolute atomic E-state index is 11.3. The molecule has 0 aliphatic carbocycles. The molecule has 1 amide bonds. The standard InChI is InChI=1S/C9H11N3O4/c1-16-8(9(13)11-10)6-2-4-7(5-3-6)12(14)15/h2-5,8H,10H2,1H3,(H,11,13). The number of nitrogens with one attached hydrogen (secondary N) is 1. The summed E-state index contributed by atoms with van der Waals surface area (Å²) < 4.78 is 4.93. The lowest BCUT2D eigenvalue weighted by Crippen LogP contribution is -2.35. The van der Waals surface area contributed by atoms with Crippen molar-refractivity contribution in [2.24, 2.45) is 5.84 Å². The molecule has 1 unspecified atom stereocenters. The molecule has 0 aliphatic heterocycles. The van der Waals surface area contributed by atoms with Crippen LogP contribution in [0.4, 0.5) is 5.69 Å². The SMILES string of the molecule is COC(C(=O)NN)c1ccc([N+](=O)[O-])cc1. The fourth-order valence-corrected chi connectivity index (χ4v) is 1.24. The van der Waals surface area contributed by atoms with Crippen LogP contribution in [0.3, 0.4) is 0 Å². The van der Waals surface area contributed by atoms with E-state index in [-0.39, 0.29) is 5.69 Å². The van der Waals surface area contributed by atoms with Crippen LogP contribution in [0, 0.1) is 10.1 Å². The third-order valence-corrected chi connectivity index (χ3v) is 2.02. The van der Waals surface area contributed by atoms with Gasteiger partial charge in [0, 0.05) is 19.2 Å². The molecule has 0 aliphatic rings. The molecular formula is C9H11N3O4. The summed E-state index contributed by atoms with van der Waals surface area (Å²) in [6.45, 7) is 0. The summed E-state index contributed by atoms with van der Waals surface area (Å²) in [4.78, 5) is 21.2. The predicted molar refractivity (Wildman–Crippen MR) is 55.2 cm³/mol. The molecular weight excluding hydrogens is 214 g/mol. The molecule has 1 atom stereocenters. The number of non-ortho nitro benzene ring substituents is 1. The molecule has 16 heavy (non-hydrogen) atoms. The van der Waals surface area contributed by atoms with Gasteiger partial charge in [-0.25, -0.2) is 5.84 Å². The van der Waals surface area contributed by atoms with Gasteiger partial charge >= 0.3 is 0 Å². The van der Waals surface area contributed by atoms with Gasteiger partial charge in [-0.1, -0.05) is 0 Å². The summed E-state index contributed by atoms with van der Waals surface area (Å²) in [7, 11) is 1.35. The highest BCUT2D eigenvalue weighted by Gasteiger charge is 2.19. The molecule has 0 saturated heterocycles. The summed E-state index contributed by atoms with van der Waals surface area (Å²) in [6.07, 6.45) is -0.870. The Labute approximate surface area is 91.3 Å². The van der Waals surface area contributed by atoms with Crippen LogP contribution in [0.25, 0.3) is 0 Å². The van der Waals surface area contributed by atoms with Crippen molar-refractivity contribution in [1.82, 2.24) is 5.43 Å². The molecule has 0 heterocycles. The zero-order valence-corrected chi connectivity index (χ0v) is 8.54. The van der Waals surface area contributed by atoms with Crippen LogP contribution >= 0.6 is 0 Å². The largest absolute Gasteiger partial charge is 0.367 e. The number of amides is 1. The third kappa shape index (κ3) is 2.53. The van der Waals surface area contributed by atoms with Crippen LogP contribution in [0.15, 0.2) is 24.3 Å². The van der Waals surface area contributed by atoms with Crippen molar-refractivity contribution in [3.8, 4) is 0 Å². The normalized spacial score (nSPS) is 11.9. The smallest absolute Gasteiger partial charge is 0.269 e. The van der Waals surface area contributed by atoms with Gasteiger partial charge in [0.05, 0.1) is 4.92 Å². The van der Waals surface area contributed by atoms with Crippen LogP contribution in [-0.2, 0) is 9.53 Å². The number of nitro benzene ring substituents is 1. The lowest BCUT2D eigenvalue weighted by molar-refractivity contribution is -0.384. The minimum atomic E-state index is -0.870. The number of benzene rings is 1. The molecule has 7 nitrogen and oxygen atoms in total. The topological polar surface area (TPSA) is 107 Å². The molecule has 0 aromatic heterocycles. The van der Waals surface area contributed by atoms with Crippen molar-refractivity contribution >= 4 is 11.6 Å². The Bertz CT molecular complexity index is 390. The number of carbonyl (C=O) groups is 1. The highest BCUT2D eigenvalue weighted by molar-refractivity contribution is 5.81. The number of methoxy groups -OCH3 is 1. The van der Waals surface area contributed by atoms with Crippen molar-refractivity contribution in [1.29, 1.82) is 0 Å². The second-order valence-corrected chi connectivity index (χ2v) is 2.97. The van der Waals surface area contributed by atoms with E-state index < -0.39 is 16.9 Å². The average molecular weight is 225 g/mol. The van der Waals surface area contributed by atoms with E-state index in [0.29, 0.717) is 5.56 Å². The van der Waals surface area contributed by atoms with Gasteiger partial charge in [0.2, 0.25) is 0 Å². The van der Waals surface area contributed by atoms with E-state index >= 15 is 0 Å². The van der Waals surface area contributed by atoms with E-state index in [2.05, 4.69) is 0 Å². The molecule has 86 valence electrons. The van der Waals surface area contributed by atoms with Crippen LogP contribution in [-0.4, -0.2) is 17.9 Å². The monoisotopic (exact) mass is 225 g/mol. The summed E-state index contributed by atoms with van der Waals surface area (Å²) in [5.74, 6) is 4.46. The van der Waals surface area contributed by atoms with Crippen molar-refractivity contribution in [2.75, 3.05) is 7.11 Å². The van der Waals surface area contributed by atoms with Crippen molar-refractivity contribution < 1.29 is 14.5 Å².